The van der Waals surface area contributed by atoms with Gasteiger partial charge in [0.1, 0.15) is 73.2 Å². The normalized spacial score (nSPS) is 28.3. The fourth-order valence-corrected chi connectivity index (χ4v) is 11.4. The van der Waals surface area contributed by atoms with E-state index < -0.39 is 124 Å². The Morgan fingerprint density at radius 3 is 1.22 bits per heavy atom. The quantitative estimate of drug-likeness (QED) is 0.0199. The van der Waals surface area contributed by atoms with Crippen molar-refractivity contribution in [1.29, 1.82) is 0 Å². The minimum atomic E-state index is -1.98. The summed E-state index contributed by atoms with van der Waals surface area (Å²) in [4.78, 5) is 13.4. The number of hydrogen-bond acceptors (Lipinski definition) is 18. The second kappa shape index (κ2) is 53.8. The van der Waals surface area contributed by atoms with Crippen molar-refractivity contribution < 1.29 is 89.4 Å². The predicted octanol–water partition coefficient (Wildman–Crippen LogP) is 9.66. The number of aliphatic hydroxyl groups is 11. The highest BCUT2D eigenvalue weighted by Gasteiger charge is 2.53. The molecule has 0 radical (unpaired) electrons. The number of rotatable bonds is 53. The van der Waals surface area contributed by atoms with Crippen LogP contribution >= 0.6 is 0 Å². The molecule has 530 valence electrons. The summed E-state index contributed by atoms with van der Waals surface area (Å²) in [5.74, 6) is -0.289. The molecule has 0 aromatic heterocycles. The van der Waals surface area contributed by atoms with Crippen LogP contribution in [0, 0.1) is 0 Å². The molecule has 3 rings (SSSR count). The van der Waals surface area contributed by atoms with Crippen LogP contribution in [0.1, 0.15) is 226 Å². The van der Waals surface area contributed by atoms with Gasteiger partial charge in [0.05, 0.1) is 38.6 Å². The summed E-state index contributed by atoms with van der Waals surface area (Å²) in [7, 11) is 0. The van der Waals surface area contributed by atoms with Crippen LogP contribution in [-0.2, 0) is 33.2 Å². The Morgan fingerprint density at radius 2 is 0.761 bits per heavy atom. The van der Waals surface area contributed by atoms with Crippen molar-refractivity contribution >= 4 is 5.91 Å². The van der Waals surface area contributed by atoms with Crippen LogP contribution in [-0.4, -0.2) is 193 Å². The van der Waals surface area contributed by atoms with E-state index in [2.05, 4.69) is 104 Å². The van der Waals surface area contributed by atoms with E-state index >= 15 is 0 Å². The standard InChI is InChI=1S/C73H125NO18/c1-3-5-7-9-11-13-15-16-17-18-19-20-21-22-23-24-25-26-27-28-29-30-31-32-33-34-35-36-37-38-39-40-41-43-45-47-49-51-61(79)74-56(57(78)50-48-46-44-42-14-12-10-8-6-4-2)55-87-71-67(85)64(82)69(59(53-76)89-71)92-73-68(86)65(83)70(60(54-77)90-73)91-72-66(84)63(81)62(80)58(52-75)88-72/h5,7,11,13-14,16-17,19-20,22-23,25-26,42,48,50,56-60,62-73,75-78,80-86H,3-4,6,8-10,12,15,18,21,24,27-41,43-47,49,51-55H2,1-2H3,(H,74,79)/b7-5-,13-11-,17-16-,20-19-,23-22-,26-25-,42-14+,50-48+. The van der Waals surface area contributed by atoms with E-state index in [1.165, 1.54) is 116 Å². The molecule has 17 unspecified atom stereocenters. The molecule has 0 aromatic carbocycles. The molecule has 92 heavy (non-hydrogen) atoms. The Labute approximate surface area is 552 Å². The molecule has 3 aliphatic rings. The van der Waals surface area contributed by atoms with Crippen LogP contribution in [0.25, 0.3) is 0 Å². The van der Waals surface area contributed by atoms with Gasteiger partial charge in [0.25, 0.3) is 0 Å². The maximum absolute atomic E-state index is 13.4. The number of amides is 1. The first-order valence-corrected chi connectivity index (χ1v) is 35.5. The van der Waals surface area contributed by atoms with Gasteiger partial charge >= 0.3 is 0 Å². The number of hydrogen-bond donors (Lipinski definition) is 12. The molecule has 0 aromatic rings. The van der Waals surface area contributed by atoms with Crippen LogP contribution in [0.5, 0.6) is 0 Å². The third-order valence-electron chi connectivity index (χ3n) is 17.1. The summed E-state index contributed by atoms with van der Waals surface area (Å²) in [6.45, 7) is 1.54. The van der Waals surface area contributed by atoms with Crippen molar-refractivity contribution in [3.63, 3.8) is 0 Å². The van der Waals surface area contributed by atoms with Gasteiger partial charge in [0.2, 0.25) is 5.91 Å². The van der Waals surface area contributed by atoms with E-state index in [1.54, 1.807) is 6.08 Å². The molecule has 19 nitrogen and oxygen atoms in total. The Morgan fingerprint density at radius 1 is 0.402 bits per heavy atom. The van der Waals surface area contributed by atoms with Gasteiger partial charge < -0.3 is 89.9 Å². The second-order valence-electron chi connectivity index (χ2n) is 25.0. The largest absolute Gasteiger partial charge is 0.394 e. The zero-order valence-electron chi connectivity index (χ0n) is 56.0. The molecule has 0 bridgehead atoms. The smallest absolute Gasteiger partial charge is 0.220 e. The van der Waals surface area contributed by atoms with Gasteiger partial charge in [-0.25, -0.2) is 0 Å². The van der Waals surface area contributed by atoms with E-state index in [0.29, 0.717) is 12.8 Å². The average Bonchev–Trinajstić information content (AvgIpc) is 0.799. The van der Waals surface area contributed by atoms with E-state index in [-0.39, 0.29) is 18.9 Å². The van der Waals surface area contributed by atoms with Crippen LogP contribution in [0.15, 0.2) is 97.2 Å². The van der Waals surface area contributed by atoms with Crippen LogP contribution in [0.2, 0.25) is 0 Å². The molecule has 19 heteroatoms. The lowest BCUT2D eigenvalue weighted by Crippen LogP contribution is -2.66. The van der Waals surface area contributed by atoms with Crippen LogP contribution in [0.4, 0.5) is 0 Å². The molecule has 3 aliphatic heterocycles. The van der Waals surface area contributed by atoms with Crippen molar-refractivity contribution in [1.82, 2.24) is 5.32 Å². The maximum atomic E-state index is 13.4. The van der Waals surface area contributed by atoms with Gasteiger partial charge in [-0.3, -0.25) is 4.79 Å². The number of carbonyl (C=O) groups excluding carboxylic acids is 1. The maximum Gasteiger partial charge on any atom is 0.220 e. The summed E-state index contributed by atoms with van der Waals surface area (Å²) in [6.07, 6.45) is 44.3. The fraction of sp³-hybridized carbons (Fsp3) is 0.767. The zero-order valence-corrected chi connectivity index (χ0v) is 56.0. The third-order valence-corrected chi connectivity index (χ3v) is 17.1. The molecule has 3 saturated heterocycles. The van der Waals surface area contributed by atoms with Crippen LogP contribution < -0.4 is 5.32 Å². The highest BCUT2D eigenvalue weighted by atomic mass is 16.8. The van der Waals surface area contributed by atoms with Gasteiger partial charge in [-0.1, -0.05) is 233 Å². The summed E-state index contributed by atoms with van der Waals surface area (Å²) in [5.41, 5.74) is 0. The van der Waals surface area contributed by atoms with Crippen molar-refractivity contribution in [2.75, 3.05) is 26.4 Å². The van der Waals surface area contributed by atoms with Crippen LogP contribution in [0.3, 0.4) is 0 Å². The van der Waals surface area contributed by atoms with Gasteiger partial charge in [-0.2, -0.15) is 0 Å². The molecule has 0 aliphatic carbocycles. The SMILES string of the molecule is CC/C=C\C/C=C\C/C=C\C/C=C\C/C=C\C/C=C\CCCCCCCCCCCCCCCCCCCCC(=O)NC(COC1OC(CO)C(OC2OC(CO)C(OC3OC(CO)C(O)C(O)C3O)C(O)C2O)C(O)C1O)C(O)/C=C/CC/C=C/CCCCCC. The molecule has 12 N–H and O–H groups in total. The Balaban J connectivity index is 1.30. The first-order valence-electron chi connectivity index (χ1n) is 35.5. The van der Waals surface area contributed by atoms with Gasteiger partial charge in [0.15, 0.2) is 18.9 Å². The predicted molar refractivity (Wildman–Crippen MR) is 360 cm³/mol. The van der Waals surface area contributed by atoms with Crippen molar-refractivity contribution in [2.24, 2.45) is 0 Å². The van der Waals surface area contributed by atoms with Gasteiger partial charge in [-0.05, 0) is 83.5 Å². The molecule has 0 saturated carbocycles. The Hall–Kier alpha value is -3.29. The molecule has 3 heterocycles. The number of allylic oxidation sites excluding steroid dienone is 15. The topological polar surface area (TPSA) is 307 Å². The molecule has 1 amide bonds. The first kappa shape index (κ1) is 82.9. The van der Waals surface area contributed by atoms with E-state index in [4.69, 9.17) is 28.4 Å². The van der Waals surface area contributed by atoms with Crippen molar-refractivity contribution in [3.8, 4) is 0 Å². The fourth-order valence-electron chi connectivity index (χ4n) is 11.4. The monoisotopic (exact) mass is 1300 g/mol. The zero-order chi connectivity index (χ0) is 66.8. The van der Waals surface area contributed by atoms with Crippen molar-refractivity contribution in [2.45, 2.75) is 330 Å². The Bertz CT molecular complexity index is 2040. The molecule has 0 spiro atoms. The Kier molecular flexibility index (Phi) is 48.5. The van der Waals surface area contributed by atoms with Crippen molar-refractivity contribution in [3.05, 3.63) is 97.2 Å². The highest BCUT2D eigenvalue weighted by Crippen LogP contribution is 2.33. The lowest BCUT2D eigenvalue weighted by atomic mass is 9.96. The lowest BCUT2D eigenvalue weighted by Gasteiger charge is -2.48. The van der Waals surface area contributed by atoms with E-state index in [0.717, 1.165) is 77.0 Å². The molecule has 17 atom stereocenters. The van der Waals surface area contributed by atoms with E-state index in [9.17, 15) is 61.0 Å². The highest BCUT2D eigenvalue weighted by molar-refractivity contribution is 5.76. The molecule has 3 fully saturated rings. The van der Waals surface area contributed by atoms with Gasteiger partial charge in [-0.15, -0.1) is 0 Å². The summed E-state index contributed by atoms with van der Waals surface area (Å²) in [6, 6.07) is -0.992. The minimum Gasteiger partial charge on any atom is -0.394 e. The number of aliphatic hydroxyl groups excluding tert-OH is 11. The number of carbonyl (C=O) groups is 1. The number of nitrogens with one attached hydrogen (secondary N) is 1. The lowest BCUT2D eigenvalue weighted by molar-refractivity contribution is -0.379. The summed E-state index contributed by atoms with van der Waals surface area (Å²) >= 11 is 0. The van der Waals surface area contributed by atoms with Gasteiger partial charge in [0, 0.05) is 6.42 Å². The summed E-state index contributed by atoms with van der Waals surface area (Å²) < 4.78 is 34.2. The molecular formula is C73H125NO18. The number of unbranched alkanes of at least 4 members (excludes halogenated alkanes) is 23. The minimum absolute atomic E-state index is 0.232. The average molecular weight is 1300 g/mol. The first-order chi connectivity index (χ1) is 44.8. The van der Waals surface area contributed by atoms with E-state index in [1.807, 2.05) is 6.08 Å². The third kappa shape index (κ3) is 35.1. The summed E-state index contributed by atoms with van der Waals surface area (Å²) in [5, 5.41) is 120. The second-order valence-corrected chi connectivity index (χ2v) is 25.0. The number of ether oxygens (including phenoxy) is 6. The molecular weight excluding hydrogens is 1180 g/mol.